The van der Waals surface area contributed by atoms with Crippen molar-refractivity contribution >= 4 is 5.97 Å². The maximum Gasteiger partial charge on any atom is 0.320 e. The van der Waals surface area contributed by atoms with Gasteiger partial charge in [-0.2, -0.15) is 0 Å². The zero-order valence-electron chi connectivity index (χ0n) is 8.68. The molecular weight excluding hydrogens is 194 g/mol. The van der Waals surface area contributed by atoms with Gasteiger partial charge in [-0.3, -0.25) is 10.1 Å². The number of carboxylic acid groups (broad SMARTS) is 1. The van der Waals surface area contributed by atoms with Crippen molar-refractivity contribution in [2.75, 3.05) is 0 Å². The molecule has 0 saturated heterocycles. The molecule has 1 aliphatic carbocycles. The normalized spacial score (nSPS) is 17.7. The molecule has 1 fully saturated rings. The zero-order chi connectivity index (χ0) is 10.8. The van der Waals surface area contributed by atoms with Gasteiger partial charge in [0.2, 0.25) is 0 Å². The van der Waals surface area contributed by atoms with Crippen molar-refractivity contribution in [1.29, 1.82) is 0 Å². The summed E-state index contributed by atoms with van der Waals surface area (Å²) in [5.74, 6) is -0.826. The highest BCUT2D eigenvalue weighted by atomic mass is 16.4. The summed E-state index contributed by atoms with van der Waals surface area (Å²) in [6.45, 7) is 2.20. The lowest BCUT2D eigenvalue weighted by Crippen LogP contribution is -2.33. The number of aromatic nitrogens is 2. The van der Waals surface area contributed by atoms with E-state index in [-0.39, 0.29) is 0 Å². The smallest absolute Gasteiger partial charge is 0.320 e. The van der Waals surface area contributed by atoms with E-state index in [1.807, 2.05) is 6.33 Å². The third-order valence-electron chi connectivity index (χ3n) is 2.65. The van der Waals surface area contributed by atoms with E-state index in [9.17, 15) is 4.79 Å². The summed E-state index contributed by atoms with van der Waals surface area (Å²) in [6, 6.07) is 0.0667. The number of carboxylic acids is 1. The van der Waals surface area contributed by atoms with E-state index in [2.05, 4.69) is 14.9 Å². The quantitative estimate of drug-likeness (QED) is 0.752. The number of hydrogen-bond donors (Lipinski definition) is 2. The zero-order valence-corrected chi connectivity index (χ0v) is 8.68. The molecule has 1 aliphatic rings. The van der Waals surface area contributed by atoms with Crippen LogP contribution >= 0.6 is 0 Å². The van der Waals surface area contributed by atoms with Gasteiger partial charge in [0.1, 0.15) is 6.04 Å². The van der Waals surface area contributed by atoms with Crippen molar-refractivity contribution in [2.24, 2.45) is 0 Å². The Morgan fingerprint density at radius 2 is 2.53 bits per heavy atom. The summed E-state index contributed by atoms with van der Waals surface area (Å²) >= 11 is 0. The van der Waals surface area contributed by atoms with Crippen molar-refractivity contribution in [3.63, 3.8) is 0 Å². The molecule has 0 amide bonds. The van der Waals surface area contributed by atoms with E-state index in [0.717, 1.165) is 5.69 Å². The predicted molar refractivity (Wildman–Crippen MR) is 54.4 cm³/mol. The van der Waals surface area contributed by atoms with E-state index in [1.165, 1.54) is 12.8 Å². The summed E-state index contributed by atoms with van der Waals surface area (Å²) in [5, 5.41) is 11.7. The molecule has 1 atom stereocenters. The van der Waals surface area contributed by atoms with Gasteiger partial charge in [0.15, 0.2) is 0 Å². The fourth-order valence-electron chi connectivity index (χ4n) is 1.50. The minimum Gasteiger partial charge on any atom is -0.480 e. The molecule has 0 aliphatic heterocycles. The Kier molecular flexibility index (Phi) is 2.73. The van der Waals surface area contributed by atoms with Gasteiger partial charge in [-0.1, -0.05) is 0 Å². The van der Waals surface area contributed by atoms with Crippen molar-refractivity contribution in [2.45, 2.75) is 38.4 Å². The number of nitrogens with one attached hydrogen (secondary N) is 1. The highest BCUT2D eigenvalue weighted by molar-refractivity contribution is 5.72. The Morgan fingerprint density at radius 1 is 1.80 bits per heavy atom. The standard InChI is InChI=1S/C10H15N3O2/c1-7(10(14)15)12-5-9-4-11-6-13(9)8-2-3-8/h4,6-8,12H,2-3,5H2,1H3,(H,14,15). The molecule has 1 aromatic rings. The first-order valence-electron chi connectivity index (χ1n) is 5.15. The fraction of sp³-hybridized carbons (Fsp3) is 0.600. The Balaban J connectivity index is 1.92. The minimum atomic E-state index is -0.826. The molecule has 0 radical (unpaired) electrons. The Hall–Kier alpha value is -1.36. The molecule has 1 aromatic heterocycles. The summed E-state index contributed by atoms with van der Waals surface area (Å²) in [7, 11) is 0. The van der Waals surface area contributed by atoms with Crippen LogP contribution in [-0.2, 0) is 11.3 Å². The molecule has 0 bridgehead atoms. The molecule has 82 valence electrons. The van der Waals surface area contributed by atoms with Crippen molar-refractivity contribution in [1.82, 2.24) is 14.9 Å². The van der Waals surface area contributed by atoms with Crippen LogP contribution in [0, 0.1) is 0 Å². The molecule has 15 heavy (non-hydrogen) atoms. The molecule has 5 heteroatoms. The first-order valence-corrected chi connectivity index (χ1v) is 5.15. The summed E-state index contributed by atoms with van der Waals surface area (Å²) in [5.41, 5.74) is 1.06. The lowest BCUT2D eigenvalue weighted by atomic mass is 10.3. The van der Waals surface area contributed by atoms with Gasteiger partial charge in [0, 0.05) is 18.8 Å². The van der Waals surface area contributed by atoms with Gasteiger partial charge in [-0.05, 0) is 19.8 Å². The molecule has 0 spiro atoms. The molecule has 5 nitrogen and oxygen atoms in total. The van der Waals surface area contributed by atoms with Gasteiger partial charge in [-0.25, -0.2) is 4.98 Å². The second-order valence-electron chi connectivity index (χ2n) is 3.96. The number of rotatable bonds is 5. The number of hydrogen-bond acceptors (Lipinski definition) is 3. The van der Waals surface area contributed by atoms with Crippen molar-refractivity contribution in [3.8, 4) is 0 Å². The van der Waals surface area contributed by atoms with Crippen LogP contribution < -0.4 is 5.32 Å². The van der Waals surface area contributed by atoms with Gasteiger partial charge < -0.3 is 9.67 Å². The topological polar surface area (TPSA) is 67.2 Å². The van der Waals surface area contributed by atoms with Crippen molar-refractivity contribution < 1.29 is 9.90 Å². The van der Waals surface area contributed by atoms with E-state index >= 15 is 0 Å². The van der Waals surface area contributed by atoms with E-state index in [0.29, 0.717) is 12.6 Å². The summed E-state index contributed by atoms with van der Waals surface area (Å²) < 4.78 is 2.13. The first kappa shape index (κ1) is 10.2. The van der Waals surface area contributed by atoms with Crippen LogP contribution in [0.5, 0.6) is 0 Å². The van der Waals surface area contributed by atoms with Crippen LogP contribution in [-0.4, -0.2) is 26.7 Å². The van der Waals surface area contributed by atoms with Crippen LogP contribution in [0.2, 0.25) is 0 Å². The van der Waals surface area contributed by atoms with E-state index < -0.39 is 12.0 Å². The Labute approximate surface area is 88.1 Å². The predicted octanol–water partition coefficient (Wildman–Crippen LogP) is 0.781. The third kappa shape index (κ3) is 2.36. The molecule has 1 saturated carbocycles. The molecule has 2 rings (SSSR count). The highest BCUT2D eigenvalue weighted by Crippen LogP contribution is 2.35. The summed E-state index contributed by atoms with van der Waals surface area (Å²) in [6.07, 6.45) is 6.02. The number of nitrogens with zero attached hydrogens (tertiary/aromatic N) is 2. The number of imidazole rings is 1. The minimum absolute atomic E-state index is 0.521. The van der Waals surface area contributed by atoms with Crippen molar-refractivity contribution in [3.05, 3.63) is 18.2 Å². The Bertz CT molecular complexity index is 357. The number of aliphatic carboxylic acids is 1. The maximum atomic E-state index is 10.6. The molecule has 2 N–H and O–H groups in total. The second-order valence-corrected chi connectivity index (χ2v) is 3.96. The van der Waals surface area contributed by atoms with Gasteiger partial charge in [-0.15, -0.1) is 0 Å². The SMILES string of the molecule is CC(NCc1cncn1C1CC1)C(=O)O. The second kappa shape index (κ2) is 4.02. The van der Waals surface area contributed by atoms with Crippen LogP contribution in [0.25, 0.3) is 0 Å². The molecule has 1 unspecified atom stereocenters. The number of carbonyl (C=O) groups is 1. The average Bonchev–Trinajstić information content (AvgIpc) is 2.94. The lowest BCUT2D eigenvalue weighted by Gasteiger charge is -2.10. The Morgan fingerprint density at radius 3 is 3.13 bits per heavy atom. The summed E-state index contributed by atoms with van der Waals surface area (Å²) in [4.78, 5) is 14.7. The van der Waals surface area contributed by atoms with Crippen LogP contribution in [0.3, 0.4) is 0 Å². The third-order valence-corrected chi connectivity index (χ3v) is 2.65. The van der Waals surface area contributed by atoms with E-state index in [1.54, 1.807) is 13.1 Å². The maximum absolute atomic E-state index is 10.6. The van der Waals surface area contributed by atoms with Gasteiger partial charge in [0.25, 0.3) is 0 Å². The van der Waals surface area contributed by atoms with Crippen LogP contribution in [0.15, 0.2) is 12.5 Å². The fourth-order valence-corrected chi connectivity index (χ4v) is 1.50. The molecule has 0 aromatic carbocycles. The largest absolute Gasteiger partial charge is 0.480 e. The van der Waals surface area contributed by atoms with Crippen LogP contribution in [0.1, 0.15) is 31.5 Å². The monoisotopic (exact) mass is 209 g/mol. The van der Waals surface area contributed by atoms with Crippen LogP contribution in [0.4, 0.5) is 0 Å². The van der Waals surface area contributed by atoms with Gasteiger partial charge >= 0.3 is 5.97 Å². The average molecular weight is 209 g/mol. The molecule has 1 heterocycles. The lowest BCUT2D eigenvalue weighted by molar-refractivity contribution is -0.139. The van der Waals surface area contributed by atoms with E-state index in [4.69, 9.17) is 5.11 Å². The molecular formula is C10H15N3O2. The first-order chi connectivity index (χ1) is 7.18. The highest BCUT2D eigenvalue weighted by Gasteiger charge is 2.25. The van der Waals surface area contributed by atoms with Gasteiger partial charge in [0.05, 0.1) is 12.0 Å².